The lowest BCUT2D eigenvalue weighted by molar-refractivity contribution is -0.136. The first-order valence-electron chi connectivity index (χ1n) is 7.39. The molecule has 2 amide bonds. The zero-order chi connectivity index (χ0) is 15.9. The van der Waals surface area contributed by atoms with Crippen LogP contribution in [0.5, 0.6) is 0 Å². The van der Waals surface area contributed by atoms with Gasteiger partial charge in [0.15, 0.2) is 0 Å². The highest BCUT2D eigenvalue weighted by atomic mass is 19.1. The number of nitrogens with zero attached hydrogens (tertiary/aromatic N) is 2. The maximum absolute atomic E-state index is 12.9. The number of carbonyl (C=O) groups is 2. The van der Waals surface area contributed by atoms with Crippen LogP contribution in [-0.2, 0) is 20.7 Å². The van der Waals surface area contributed by atoms with Crippen LogP contribution in [0.4, 0.5) is 4.39 Å². The molecule has 1 aromatic rings. The Balaban J connectivity index is 1.88. The van der Waals surface area contributed by atoms with E-state index >= 15 is 0 Å². The van der Waals surface area contributed by atoms with Crippen LogP contribution in [-0.4, -0.2) is 61.5 Å². The molecule has 1 fully saturated rings. The fourth-order valence-corrected chi connectivity index (χ4v) is 2.52. The molecule has 22 heavy (non-hydrogen) atoms. The molecule has 1 aliphatic heterocycles. The van der Waals surface area contributed by atoms with Gasteiger partial charge in [0.1, 0.15) is 12.4 Å². The smallest absolute Gasteiger partial charge is 0.248 e. The molecule has 2 rings (SSSR count). The van der Waals surface area contributed by atoms with Gasteiger partial charge in [0.25, 0.3) is 0 Å². The molecule has 0 radical (unpaired) electrons. The summed E-state index contributed by atoms with van der Waals surface area (Å²) in [5, 5.41) is 0. The molecule has 1 saturated heterocycles. The highest BCUT2D eigenvalue weighted by molar-refractivity contribution is 5.79. The lowest BCUT2D eigenvalue weighted by Crippen LogP contribution is -2.39. The fraction of sp³-hybridized carbons (Fsp3) is 0.500. The Bertz CT molecular complexity index is 519. The molecule has 0 unspecified atom stereocenters. The summed E-state index contributed by atoms with van der Waals surface area (Å²) in [6, 6.07) is 5.96. The van der Waals surface area contributed by atoms with Gasteiger partial charge in [-0.05, 0) is 24.1 Å². The molecule has 6 heteroatoms. The largest absolute Gasteiger partial charge is 0.375 e. The monoisotopic (exact) mass is 308 g/mol. The Labute approximate surface area is 129 Å². The summed E-state index contributed by atoms with van der Waals surface area (Å²) >= 11 is 0. The van der Waals surface area contributed by atoms with Gasteiger partial charge in [-0.3, -0.25) is 9.59 Å². The first-order valence-corrected chi connectivity index (χ1v) is 7.39. The van der Waals surface area contributed by atoms with E-state index in [-0.39, 0.29) is 30.7 Å². The van der Waals surface area contributed by atoms with Crippen LogP contribution < -0.4 is 0 Å². The van der Waals surface area contributed by atoms with Gasteiger partial charge in [0.05, 0.1) is 6.42 Å². The Kier molecular flexibility index (Phi) is 5.89. The van der Waals surface area contributed by atoms with Gasteiger partial charge in [-0.2, -0.15) is 0 Å². The molecule has 0 aliphatic carbocycles. The van der Waals surface area contributed by atoms with Gasteiger partial charge in [0, 0.05) is 33.3 Å². The Morgan fingerprint density at radius 2 is 1.64 bits per heavy atom. The molecule has 0 saturated carbocycles. The number of rotatable bonds is 4. The fourth-order valence-electron chi connectivity index (χ4n) is 2.52. The summed E-state index contributed by atoms with van der Waals surface area (Å²) < 4.78 is 17.7. The number of hydrogen-bond acceptors (Lipinski definition) is 3. The van der Waals surface area contributed by atoms with Crippen LogP contribution in [0.3, 0.4) is 0 Å². The van der Waals surface area contributed by atoms with E-state index in [1.165, 1.54) is 19.2 Å². The van der Waals surface area contributed by atoms with Crippen molar-refractivity contribution in [1.29, 1.82) is 0 Å². The van der Waals surface area contributed by atoms with Crippen LogP contribution in [0.15, 0.2) is 24.3 Å². The number of benzene rings is 1. The van der Waals surface area contributed by atoms with E-state index in [1.807, 2.05) is 0 Å². The predicted molar refractivity (Wildman–Crippen MR) is 79.8 cm³/mol. The van der Waals surface area contributed by atoms with E-state index in [0.29, 0.717) is 26.2 Å². The third-order valence-electron chi connectivity index (χ3n) is 3.74. The number of amides is 2. The van der Waals surface area contributed by atoms with Crippen LogP contribution in [0, 0.1) is 5.82 Å². The molecular weight excluding hydrogens is 287 g/mol. The minimum atomic E-state index is -0.307. The lowest BCUT2D eigenvalue weighted by atomic mass is 10.1. The third-order valence-corrected chi connectivity index (χ3v) is 3.74. The van der Waals surface area contributed by atoms with Crippen molar-refractivity contribution in [1.82, 2.24) is 9.80 Å². The van der Waals surface area contributed by atoms with Crippen LogP contribution >= 0.6 is 0 Å². The second-order valence-corrected chi connectivity index (χ2v) is 5.35. The van der Waals surface area contributed by atoms with Crippen molar-refractivity contribution in [3.05, 3.63) is 35.6 Å². The molecule has 5 nitrogen and oxygen atoms in total. The van der Waals surface area contributed by atoms with Crippen molar-refractivity contribution in [3.63, 3.8) is 0 Å². The number of ether oxygens (including phenoxy) is 1. The minimum Gasteiger partial charge on any atom is -0.375 e. The van der Waals surface area contributed by atoms with Crippen molar-refractivity contribution in [2.45, 2.75) is 12.8 Å². The Hall–Kier alpha value is -1.95. The number of hydrogen-bond donors (Lipinski definition) is 0. The molecule has 0 atom stereocenters. The lowest BCUT2D eigenvalue weighted by Gasteiger charge is -2.22. The number of halogens is 1. The normalized spacial score (nSPS) is 15.5. The molecular formula is C16H21FN2O3. The predicted octanol–water partition coefficient (Wildman–Crippen LogP) is 1.08. The number of methoxy groups -OCH3 is 1. The summed E-state index contributed by atoms with van der Waals surface area (Å²) in [6.45, 7) is 2.40. The number of carbonyl (C=O) groups excluding carboxylic acids is 2. The second kappa shape index (κ2) is 7.89. The standard InChI is InChI=1S/C16H21FN2O3/c1-22-12-16(21)19-8-2-7-18(9-10-19)15(20)11-13-3-5-14(17)6-4-13/h3-6H,2,7-12H2,1H3. The van der Waals surface area contributed by atoms with Gasteiger partial charge in [-0.25, -0.2) is 4.39 Å². The quantitative estimate of drug-likeness (QED) is 0.836. The maximum Gasteiger partial charge on any atom is 0.248 e. The molecule has 1 aliphatic rings. The topological polar surface area (TPSA) is 49.9 Å². The average Bonchev–Trinajstić information content (AvgIpc) is 2.76. The molecule has 0 N–H and O–H groups in total. The highest BCUT2D eigenvalue weighted by Crippen LogP contribution is 2.09. The summed E-state index contributed by atoms with van der Waals surface area (Å²) in [6.07, 6.45) is 1.01. The molecule has 1 aromatic carbocycles. The summed E-state index contributed by atoms with van der Waals surface area (Å²) in [5.41, 5.74) is 0.794. The summed E-state index contributed by atoms with van der Waals surface area (Å²) in [4.78, 5) is 27.6. The van der Waals surface area contributed by atoms with Crippen molar-refractivity contribution in [2.24, 2.45) is 0 Å². The van der Waals surface area contributed by atoms with Crippen molar-refractivity contribution < 1.29 is 18.7 Å². The Morgan fingerprint density at radius 1 is 1.05 bits per heavy atom. The van der Waals surface area contributed by atoms with E-state index in [1.54, 1.807) is 21.9 Å². The van der Waals surface area contributed by atoms with E-state index in [2.05, 4.69) is 0 Å². The molecule has 0 aromatic heterocycles. The Morgan fingerprint density at radius 3 is 2.23 bits per heavy atom. The van der Waals surface area contributed by atoms with E-state index in [4.69, 9.17) is 4.74 Å². The first kappa shape index (κ1) is 16.4. The van der Waals surface area contributed by atoms with Gasteiger partial charge in [-0.15, -0.1) is 0 Å². The van der Waals surface area contributed by atoms with Crippen LogP contribution in [0.1, 0.15) is 12.0 Å². The second-order valence-electron chi connectivity index (χ2n) is 5.35. The van der Waals surface area contributed by atoms with Crippen LogP contribution in [0.2, 0.25) is 0 Å². The van der Waals surface area contributed by atoms with E-state index < -0.39 is 0 Å². The SMILES string of the molecule is COCC(=O)N1CCCN(C(=O)Cc2ccc(F)cc2)CC1. The zero-order valence-corrected chi connectivity index (χ0v) is 12.8. The molecule has 0 bridgehead atoms. The van der Waals surface area contributed by atoms with Gasteiger partial charge in [-0.1, -0.05) is 12.1 Å². The molecule has 120 valence electrons. The van der Waals surface area contributed by atoms with Crippen molar-refractivity contribution in [2.75, 3.05) is 39.9 Å². The van der Waals surface area contributed by atoms with Gasteiger partial charge >= 0.3 is 0 Å². The van der Waals surface area contributed by atoms with Crippen molar-refractivity contribution in [3.8, 4) is 0 Å². The minimum absolute atomic E-state index is 0.00708. The van der Waals surface area contributed by atoms with Crippen molar-refractivity contribution >= 4 is 11.8 Å². The van der Waals surface area contributed by atoms with E-state index in [9.17, 15) is 14.0 Å². The summed E-state index contributed by atoms with van der Waals surface area (Å²) in [7, 11) is 1.49. The van der Waals surface area contributed by atoms with Crippen LogP contribution in [0.25, 0.3) is 0 Å². The molecule has 1 heterocycles. The average molecular weight is 308 g/mol. The third kappa shape index (κ3) is 4.53. The van der Waals surface area contributed by atoms with Gasteiger partial charge in [0.2, 0.25) is 11.8 Å². The van der Waals surface area contributed by atoms with Gasteiger partial charge < -0.3 is 14.5 Å². The molecule has 0 spiro atoms. The maximum atomic E-state index is 12.9. The first-order chi connectivity index (χ1) is 10.6. The zero-order valence-electron chi connectivity index (χ0n) is 12.8. The summed E-state index contributed by atoms with van der Waals surface area (Å²) in [5.74, 6) is -0.346. The highest BCUT2D eigenvalue weighted by Gasteiger charge is 2.21. The van der Waals surface area contributed by atoms with E-state index in [0.717, 1.165) is 12.0 Å².